The van der Waals surface area contributed by atoms with Crippen molar-refractivity contribution in [3.8, 4) is 5.75 Å². The van der Waals surface area contributed by atoms with Crippen LogP contribution in [-0.4, -0.2) is 24.3 Å². The largest absolute Gasteiger partial charge is 0.497 e. The number of carbonyl (C=O) groups is 1. The molecule has 0 spiro atoms. The summed E-state index contributed by atoms with van der Waals surface area (Å²) in [5.41, 5.74) is 1.12. The monoisotopic (exact) mass is 306 g/mol. The zero-order valence-electron chi connectivity index (χ0n) is 13.3. The van der Waals surface area contributed by atoms with E-state index in [2.05, 4.69) is 0 Å². The number of benzene rings is 1. The SMILES string of the molecule is COc1ccc(COC2CCCCCC(CC(=O)O)C2)cc1. The lowest BCUT2D eigenvalue weighted by molar-refractivity contribution is -0.138. The Hall–Kier alpha value is -1.55. The van der Waals surface area contributed by atoms with E-state index in [4.69, 9.17) is 14.6 Å². The fraction of sp³-hybridized carbons (Fsp3) is 0.611. The molecule has 22 heavy (non-hydrogen) atoms. The van der Waals surface area contributed by atoms with Crippen molar-refractivity contribution in [2.24, 2.45) is 5.92 Å². The minimum absolute atomic E-state index is 0.173. The average molecular weight is 306 g/mol. The van der Waals surface area contributed by atoms with Crippen LogP contribution in [0.3, 0.4) is 0 Å². The van der Waals surface area contributed by atoms with Gasteiger partial charge in [-0.25, -0.2) is 0 Å². The van der Waals surface area contributed by atoms with Crippen molar-refractivity contribution in [2.45, 2.75) is 57.7 Å². The Morgan fingerprint density at radius 2 is 1.91 bits per heavy atom. The van der Waals surface area contributed by atoms with Gasteiger partial charge in [-0.1, -0.05) is 31.4 Å². The Kier molecular flexibility index (Phi) is 6.72. The van der Waals surface area contributed by atoms with E-state index in [9.17, 15) is 4.79 Å². The number of hydrogen-bond donors (Lipinski definition) is 1. The highest BCUT2D eigenvalue weighted by Crippen LogP contribution is 2.27. The summed E-state index contributed by atoms with van der Waals surface area (Å²) in [6.45, 7) is 0.578. The van der Waals surface area contributed by atoms with Gasteiger partial charge < -0.3 is 14.6 Å². The second-order valence-corrected chi connectivity index (χ2v) is 6.12. The maximum Gasteiger partial charge on any atom is 0.303 e. The molecule has 0 aromatic heterocycles. The normalized spacial score (nSPS) is 22.6. The van der Waals surface area contributed by atoms with Crippen molar-refractivity contribution in [1.29, 1.82) is 0 Å². The van der Waals surface area contributed by atoms with Gasteiger partial charge in [-0.05, 0) is 42.9 Å². The third-order valence-corrected chi connectivity index (χ3v) is 4.34. The molecule has 1 saturated carbocycles. The minimum Gasteiger partial charge on any atom is -0.497 e. The van der Waals surface area contributed by atoms with Crippen LogP contribution in [0.1, 0.15) is 50.5 Å². The van der Waals surface area contributed by atoms with E-state index in [-0.39, 0.29) is 18.4 Å². The van der Waals surface area contributed by atoms with Crippen molar-refractivity contribution in [1.82, 2.24) is 0 Å². The van der Waals surface area contributed by atoms with Gasteiger partial charge in [0.15, 0.2) is 0 Å². The molecule has 0 saturated heterocycles. The highest BCUT2D eigenvalue weighted by atomic mass is 16.5. The molecule has 0 aliphatic heterocycles. The molecule has 1 fully saturated rings. The number of carboxylic acids is 1. The fourth-order valence-electron chi connectivity index (χ4n) is 3.11. The lowest BCUT2D eigenvalue weighted by atomic mass is 9.87. The summed E-state index contributed by atoms with van der Waals surface area (Å²) in [6.07, 6.45) is 6.84. The number of carboxylic acid groups (broad SMARTS) is 1. The lowest BCUT2D eigenvalue weighted by Gasteiger charge is -2.25. The average Bonchev–Trinajstić information content (AvgIpc) is 2.48. The molecule has 1 aromatic carbocycles. The first-order chi connectivity index (χ1) is 10.7. The molecule has 0 bridgehead atoms. The molecule has 122 valence electrons. The molecule has 1 N–H and O–H groups in total. The smallest absolute Gasteiger partial charge is 0.303 e. The summed E-state index contributed by atoms with van der Waals surface area (Å²) in [4.78, 5) is 11.0. The van der Waals surface area contributed by atoms with E-state index < -0.39 is 5.97 Å². The van der Waals surface area contributed by atoms with Crippen molar-refractivity contribution in [3.63, 3.8) is 0 Å². The second kappa shape index (κ2) is 8.79. The molecule has 1 aliphatic carbocycles. The third kappa shape index (κ3) is 5.68. The Morgan fingerprint density at radius 1 is 1.18 bits per heavy atom. The first-order valence-electron chi connectivity index (χ1n) is 8.13. The van der Waals surface area contributed by atoms with E-state index in [1.807, 2.05) is 24.3 Å². The Morgan fingerprint density at radius 3 is 2.59 bits per heavy atom. The van der Waals surface area contributed by atoms with E-state index in [0.29, 0.717) is 6.61 Å². The van der Waals surface area contributed by atoms with Crippen LogP contribution in [0.15, 0.2) is 24.3 Å². The maximum absolute atomic E-state index is 11.0. The van der Waals surface area contributed by atoms with Crippen molar-refractivity contribution < 1.29 is 19.4 Å². The van der Waals surface area contributed by atoms with Crippen LogP contribution in [-0.2, 0) is 16.1 Å². The lowest BCUT2D eigenvalue weighted by Crippen LogP contribution is -2.21. The van der Waals surface area contributed by atoms with Crippen LogP contribution in [0.2, 0.25) is 0 Å². The van der Waals surface area contributed by atoms with Gasteiger partial charge in [0, 0.05) is 6.42 Å². The van der Waals surface area contributed by atoms with E-state index in [1.165, 1.54) is 12.8 Å². The highest BCUT2D eigenvalue weighted by molar-refractivity contribution is 5.67. The summed E-state index contributed by atoms with van der Waals surface area (Å²) in [5.74, 6) is 0.398. The first-order valence-corrected chi connectivity index (χ1v) is 8.13. The van der Waals surface area contributed by atoms with Gasteiger partial charge in [0.1, 0.15) is 5.75 Å². The molecule has 0 radical (unpaired) electrons. The van der Waals surface area contributed by atoms with Gasteiger partial charge in [0.25, 0.3) is 0 Å². The van der Waals surface area contributed by atoms with Crippen LogP contribution in [0.4, 0.5) is 0 Å². The van der Waals surface area contributed by atoms with Crippen molar-refractivity contribution in [3.05, 3.63) is 29.8 Å². The molecule has 2 rings (SSSR count). The topological polar surface area (TPSA) is 55.8 Å². The highest BCUT2D eigenvalue weighted by Gasteiger charge is 2.21. The van der Waals surface area contributed by atoms with E-state index in [1.54, 1.807) is 7.11 Å². The van der Waals surface area contributed by atoms with Gasteiger partial charge in [0.05, 0.1) is 19.8 Å². The number of rotatable bonds is 6. The van der Waals surface area contributed by atoms with Gasteiger partial charge in [-0.15, -0.1) is 0 Å². The van der Waals surface area contributed by atoms with Crippen LogP contribution in [0.25, 0.3) is 0 Å². The van der Waals surface area contributed by atoms with Gasteiger partial charge >= 0.3 is 5.97 Å². The number of ether oxygens (including phenoxy) is 2. The second-order valence-electron chi connectivity index (χ2n) is 6.12. The minimum atomic E-state index is -0.695. The van der Waals surface area contributed by atoms with E-state index in [0.717, 1.165) is 37.0 Å². The van der Waals surface area contributed by atoms with Crippen LogP contribution < -0.4 is 4.74 Å². The third-order valence-electron chi connectivity index (χ3n) is 4.34. The molecule has 2 unspecified atom stereocenters. The van der Waals surface area contributed by atoms with Crippen molar-refractivity contribution in [2.75, 3.05) is 7.11 Å². The van der Waals surface area contributed by atoms with Crippen LogP contribution >= 0.6 is 0 Å². The van der Waals surface area contributed by atoms with Gasteiger partial charge in [-0.2, -0.15) is 0 Å². The fourth-order valence-corrected chi connectivity index (χ4v) is 3.11. The van der Waals surface area contributed by atoms with Gasteiger partial charge in [-0.3, -0.25) is 4.79 Å². The molecule has 1 aromatic rings. The van der Waals surface area contributed by atoms with Crippen LogP contribution in [0, 0.1) is 5.92 Å². The molecule has 4 heteroatoms. The first kappa shape index (κ1) is 16.8. The summed E-state index contributed by atoms with van der Waals surface area (Å²) in [5, 5.41) is 9.02. The predicted molar refractivity (Wildman–Crippen MR) is 85.0 cm³/mol. The van der Waals surface area contributed by atoms with E-state index >= 15 is 0 Å². The molecule has 2 atom stereocenters. The molecular weight excluding hydrogens is 280 g/mol. The Bertz CT molecular complexity index is 455. The number of methoxy groups -OCH3 is 1. The number of hydrogen-bond acceptors (Lipinski definition) is 3. The standard InChI is InChI=1S/C18H26O4/c1-21-16-9-7-14(8-10-16)13-22-17-6-4-2-3-5-15(11-17)12-18(19)20/h7-10,15,17H,2-6,11-13H2,1H3,(H,19,20). The molecule has 1 aliphatic rings. The summed E-state index contributed by atoms with van der Waals surface area (Å²) < 4.78 is 11.2. The van der Waals surface area contributed by atoms with Crippen LogP contribution in [0.5, 0.6) is 5.75 Å². The summed E-state index contributed by atoms with van der Waals surface area (Å²) >= 11 is 0. The maximum atomic E-state index is 11.0. The molecular formula is C18H26O4. The summed E-state index contributed by atoms with van der Waals surface area (Å²) in [7, 11) is 1.66. The summed E-state index contributed by atoms with van der Waals surface area (Å²) in [6, 6.07) is 7.89. The zero-order valence-corrected chi connectivity index (χ0v) is 13.3. The predicted octanol–water partition coefficient (Wildman–Crippen LogP) is 4.03. The molecule has 0 amide bonds. The quantitative estimate of drug-likeness (QED) is 0.862. The number of aliphatic carboxylic acids is 1. The Labute approximate surface area is 132 Å². The van der Waals surface area contributed by atoms with Gasteiger partial charge in [0.2, 0.25) is 0 Å². The zero-order chi connectivity index (χ0) is 15.8. The van der Waals surface area contributed by atoms with Crippen molar-refractivity contribution >= 4 is 5.97 Å². The molecule has 4 nitrogen and oxygen atoms in total. The Balaban J connectivity index is 1.86. The molecule has 0 heterocycles.